The number of rotatable bonds is 5. The lowest BCUT2D eigenvalue weighted by Crippen LogP contribution is -2.37. The Morgan fingerprint density at radius 3 is 2.39 bits per heavy atom. The largest absolute Gasteiger partial charge is 0.549 e. The molecule has 18 heavy (non-hydrogen) atoms. The molecule has 5 heteroatoms. The smallest absolute Gasteiger partial charge is 0.230 e. The van der Waals surface area contributed by atoms with Crippen molar-refractivity contribution in [1.82, 2.24) is 5.32 Å². The third-order valence-corrected chi connectivity index (χ3v) is 3.78. The molecule has 0 spiro atoms. The summed E-state index contributed by atoms with van der Waals surface area (Å²) < 4.78 is 0. The van der Waals surface area contributed by atoms with Crippen LogP contribution in [0.1, 0.15) is 11.1 Å². The van der Waals surface area contributed by atoms with Crippen molar-refractivity contribution in [2.75, 3.05) is 11.5 Å². The van der Waals surface area contributed by atoms with Crippen molar-refractivity contribution in [3.8, 4) is 0 Å². The van der Waals surface area contributed by atoms with Crippen LogP contribution in [0, 0.1) is 0 Å². The lowest BCUT2D eigenvalue weighted by Gasteiger charge is -2.11. The zero-order valence-electron chi connectivity index (χ0n) is 9.85. The van der Waals surface area contributed by atoms with Crippen molar-refractivity contribution in [1.29, 1.82) is 0 Å². The first-order chi connectivity index (χ1) is 8.65. The molecule has 96 valence electrons. The number of benzene rings is 1. The Labute approximate surface area is 110 Å². The minimum Gasteiger partial charge on any atom is -0.549 e. The Bertz CT molecular complexity index is 436. The van der Waals surface area contributed by atoms with E-state index in [1.165, 1.54) is 11.1 Å². The van der Waals surface area contributed by atoms with Crippen molar-refractivity contribution in [2.45, 2.75) is 18.9 Å². The predicted octanol–water partition coefficient (Wildman–Crippen LogP) is -0.247. The molecular formula is C13H14NO3S-. The van der Waals surface area contributed by atoms with E-state index in [-0.39, 0.29) is 23.5 Å². The number of hydrogen-bond donors (Lipinski definition) is 1. The zero-order valence-corrected chi connectivity index (χ0v) is 10.7. The Hall–Kier alpha value is -1.49. The van der Waals surface area contributed by atoms with Crippen molar-refractivity contribution in [3.05, 3.63) is 35.4 Å². The number of amides is 1. The normalized spacial score (nSPS) is 14.2. The minimum atomic E-state index is -1.14. The SMILES string of the molecule is O=C([O-])CSCC(=O)NC1Cc2ccccc2C1. The number of aliphatic carboxylic acids is 1. The molecule has 1 aliphatic carbocycles. The molecule has 0 saturated heterocycles. The second kappa shape index (κ2) is 5.91. The highest BCUT2D eigenvalue weighted by molar-refractivity contribution is 8.00. The standard InChI is InChI=1S/C13H15NO3S/c15-12(7-18-8-13(16)17)14-11-5-9-3-1-2-4-10(9)6-11/h1-4,11H,5-8H2,(H,14,15)(H,16,17)/p-1. The summed E-state index contributed by atoms with van der Waals surface area (Å²) in [6.07, 6.45) is 1.71. The van der Waals surface area contributed by atoms with Crippen LogP contribution in [0.25, 0.3) is 0 Å². The van der Waals surface area contributed by atoms with Gasteiger partial charge in [-0.25, -0.2) is 0 Å². The molecular weight excluding hydrogens is 250 g/mol. The van der Waals surface area contributed by atoms with Crippen LogP contribution in [-0.2, 0) is 22.4 Å². The molecule has 0 heterocycles. The van der Waals surface area contributed by atoms with Gasteiger partial charge in [0.2, 0.25) is 5.91 Å². The van der Waals surface area contributed by atoms with E-state index in [0.29, 0.717) is 0 Å². The van der Waals surface area contributed by atoms with Crippen LogP contribution in [-0.4, -0.2) is 29.4 Å². The lowest BCUT2D eigenvalue weighted by molar-refractivity contribution is -0.301. The first kappa shape index (κ1) is 13.0. The average Bonchev–Trinajstić information content (AvgIpc) is 2.70. The maximum atomic E-state index is 11.6. The quantitative estimate of drug-likeness (QED) is 0.796. The maximum absolute atomic E-state index is 11.6. The molecule has 0 fully saturated rings. The molecule has 0 atom stereocenters. The van der Waals surface area contributed by atoms with E-state index in [2.05, 4.69) is 17.4 Å². The Morgan fingerprint density at radius 2 is 1.83 bits per heavy atom. The van der Waals surface area contributed by atoms with E-state index >= 15 is 0 Å². The van der Waals surface area contributed by atoms with Gasteiger partial charge < -0.3 is 15.2 Å². The van der Waals surface area contributed by atoms with Gasteiger partial charge in [-0.15, -0.1) is 11.8 Å². The highest BCUT2D eigenvalue weighted by Crippen LogP contribution is 2.21. The van der Waals surface area contributed by atoms with Crippen molar-refractivity contribution < 1.29 is 14.7 Å². The fourth-order valence-electron chi connectivity index (χ4n) is 2.16. The van der Waals surface area contributed by atoms with E-state index in [1.54, 1.807) is 0 Å². The van der Waals surface area contributed by atoms with Crippen LogP contribution in [0.15, 0.2) is 24.3 Å². The summed E-state index contributed by atoms with van der Waals surface area (Å²) in [5, 5.41) is 13.1. The van der Waals surface area contributed by atoms with Gasteiger partial charge in [-0.3, -0.25) is 4.79 Å². The van der Waals surface area contributed by atoms with Gasteiger partial charge in [-0.1, -0.05) is 24.3 Å². The number of carbonyl (C=O) groups excluding carboxylic acids is 2. The molecule has 0 saturated carbocycles. The summed E-state index contributed by atoms with van der Waals surface area (Å²) in [5.41, 5.74) is 2.57. The van der Waals surface area contributed by atoms with Crippen LogP contribution in [0.5, 0.6) is 0 Å². The molecule has 2 rings (SSSR count). The minimum absolute atomic E-state index is 0.112. The summed E-state index contributed by atoms with van der Waals surface area (Å²) in [7, 11) is 0. The van der Waals surface area contributed by atoms with Gasteiger partial charge in [0.1, 0.15) is 0 Å². The molecule has 1 N–H and O–H groups in total. The van der Waals surface area contributed by atoms with Crippen molar-refractivity contribution >= 4 is 23.6 Å². The summed E-state index contributed by atoms with van der Waals surface area (Å²) in [5.74, 6) is -1.22. The number of hydrogen-bond acceptors (Lipinski definition) is 4. The van der Waals surface area contributed by atoms with E-state index in [4.69, 9.17) is 0 Å². The molecule has 0 unspecified atom stereocenters. The molecule has 0 bridgehead atoms. The monoisotopic (exact) mass is 264 g/mol. The molecule has 1 aromatic carbocycles. The van der Waals surface area contributed by atoms with Gasteiger partial charge >= 0.3 is 0 Å². The molecule has 0 aliphatic heterocycles. The highest BCUT2D eigenvalue weighted by Gasteiger charge is 2.21. The molecule has 4 nitrogen and oxygen atoms in total. The van der Waals surface area contributed by atoms with Crippen molar-refractivity contribution in [2.24, 2.45) is 0 Å². The fourth-order valence-corrected chi connectivity index (χ4v) is 2.69. The van der Waals surface area contributed by atoms with Gasteiger partial charge in [-0.05, 0) is 24.0 Å². The molecule has 0 radical (unpaired) electrons. The molecule has 1 amide bonds. The molecule has 0 aromatic heterocycles. The number of fused-ring (bicyclic) bond motifs is 1. The van der Waals surface area contributed by atoms with E-state index < -0.39 is 5.97 Å². The summed E-state index contributed by atoms with van der Waals surface area (Å²) in [6, 6.07) is 8.29. The first-order valence-electron chi connectivity index (χ1n) is 5.79. The van der Waals surface area contributed by atoms with Gasteiger partial charge in [0, 0.05) is 11.8 Å². The first-order valence-corrected chi connectivity index (χ1v) is 6.94. The van der Waals surface area contributed by atoms with Crippen molar-refractivity contribution in [3.63, 3.8) is 0 Å². The topological polar surface area (TPSA) is 69.2 Å². The maximum Gasteiger partial charge on any atom is 0.230 e. The fraction of sp³-hybridized carbons (Fsp3) is 0.385. The summed E-state index contributed by atoms with van der Waals surface area (Å²) in [4.78, 5) is 21.8. The van der Waals surface area contributed by atoms with Crippen LogP contribution in [0.2, 0.25) is 0 Å². The average molecular weight is 264 g/mol. The van der Waals surface area contributed by atoms with Gasteiger partial charge in [-0.2, -0.15) is 0 Å². The summed E-state index contributed by atoms with van der Waals surface area (Å²) >= 11 is 1.06. The highest BCUT2D eigenvalue weighted by atomic mass is 32.2. The van der Waals surface area contributed by atoms with E-state index in [1.807, 2.05) is 12.1 Å². The predicted molar refractivity (Wildman–Crippen MR) is 68.1 cm³/mol. The van der Waals surface area contributed by atoms with Gasteiger partial charge in [0.05, 0.1) is 11.7 Å². The molecule has 1 aromatic rings. The number of thioether (sulfide) groups is 1. The van der Waals surface area contributed by atoms with Gasteiger partial charge in [0.25, 0.3) is 0 Å². The van der Waals surface area contributed by atoms with E-state index in [9.17, 15) is 14.7 Å². The van der Waals surface area contributed by atoms with Gasteiger partial charge in [0.15, 0.2) is 0 Å². The number of carboxylic acids is 1. The van der Waals surface area contributed by atoms with Crippen LogP contribution in [0.3, 0.4) is 0 Å². The Balaban J connectivity index is 1.76. The molecule has 1 aliphatic rings. The Kier molecular flexibility index (Phi) is 4.25. The van der Waals surface area contributed by atoms with Crippen LogP contribution >= 0.6 is 11.8 Å². The number of carboxylic acid groups (broad SMARTS) is 1. The lowest BCUT2D eigenvalue weighted by atomic mass is 10.1. The second-order valence-electron chi connectivity index (χ2n) is 4.31. The zero-order chi connectivity index (χ0) is 13.0. The Morgan fingerprint density at radius 1 is 1.22 bits per heavy atom. The summed E-state index contributed by atoms with van der Waals surface area (Å²) in [6.45, 7) is 0. The number of carbonyl (C=O) groups is 2. The third kappa shape index (κ3) is 3.50. The van der Waals surface area contributed by atoms with E-state index in [0.717, 1.165) is 24.6 Å². The van der Waals surface area contributed by atoms with Crippen LogP contribution in [0.4, 0.5) is 0 Å². The third-order valence-electron chi connectivity index (χ3n) is 2.87. The second-order valence-corrected chi connectivity index (χ2v) is 5.29. The van der Waals surface area contributed by atoms with Crippen LogP contribution < -0.4 is 10.4 Å². The number of nitrogens with one attached hydrogen (secondary N) is 1.